The second kappa shape index (κ2) is 3.81. The average Bonchev–Trinajstić information content (AvgIpc) is 2.63. The molecule has 0 amide bonds. The lowest BCUT2D eigenvalue weighted by Crippen LogP contribution is -2.09. The number of nitrogens with zero attached hydrogens (tertiary/aromatic N) is 2. The lowest BCUT2D eigenvalue weighted by Gasteiger charge is -1.96. The smallest absolute Gasteiger partial charge is 0.277 e. The van der Waals surface area contributed by atoms with Gasteiger partial charge in [0.2, 0.25) is 0 Å². The Morgan fingerprint density at radius 3 is 3.21 bits per heavy atom. The molecule has 14 heavy (non-hydrogen) atoms. The van der Waals surface area contributed by atoms with Crippen LogP contribution < -0.4 is 5.56 Å². The number of aliphatic hydroxyl groups is 1. The van der Waals surface area contributed by atoms with Crippen LogP contribution >= 0.6 is 11.8 Å². The number of H-pyrrole nitrogens is 2. The summed E-state index contributed by atoms with van der Waals surface area (Å²) in [5.74, 6) is 0.499. The molecule has 0 saturated carbocycles. The average molecular weight is 212 g/mol. The molecule has 0 spiro atoms. The van der Waals surface area contributed by atoms with Gasteiger partial charge in [-0.1, -0.05) is 11.8 Å². The van der Waals surface area contributed by atoms with E-state index in [9.17, 15) is 4.79 Å². The highest BCUT2D eigenvalue weighted by atomic mass is 32.2. The Kier molecular flexibility index (Phi) is 2.51. The van der Waals surface area contributed by atoms with Crippen molar-refractivity contribution in [1.82, 2.24) is 19.9 Å². The molecule has 2 aromatic rings. The van der Waals surface area contributed by atoms with Crippen molar-refractivity contribution in [2.24, 2.45) is 0 Å². The number of imidazole rings is 1. The third kappa shape index (κ3) is 1.64. The number of nitrogens with one attached hydrogen (secondary N) is 2. The summed E-state index contributed by atoms with van der Waals surface area (Å²) >= 11 is 1.28. The molecule has 2 aromatic heterocycles. The van der Waals surface area contributed by atoms with Gasteiger partial charge in [0, 0.05) is 5.75 Å². The van der Waals surface area contributed by atoms with Crippen molar-refractivity contribution in [1.29, 1.82) is 0 Å². The number of hydrogen-bond donors (Lipinski definition) is 3. The SMILES string of the molecule is O=c1[nH]c(SCCO)nc2nc[nH]c12. The van der Waals surface area contributed by atoms with Crippen LogP contribution in [0.15, 0.2) is 16.3 Å². The lowest BCUT2D eigenvalue weighted by atomic mass is 10.6. The number of hydrogen-bond acceptors (Lipinski definition) is 5. The number of aromatic nitrogens is 4. The number of fused-ring (bicyclic) bond motifs is 1. The van der Waals surface area contributed by atoms with Crippen LogP contribution in [0.4, 0.5) is 0 Å². The van der Waals surface area contributed by atoms with Gasteiger partial charge in [-0.25, -0.2) is 9.97 Å². The minimum atomic E-state index is -0.243. The van der Waals surface area contributed by atoms with Gasteiger partial charge in [0.05, 0.1) is 12.9 Å². The normalized spacial score (nSPS) is 10.9. The number of thioether (sulfide) groups is 1. The van der Waals surface area contributed by atoms with Crippen molar-refractivity contribution in [3.63, 3.8) is 0 Å². The first kappa shape index (κ1) is 9.22. The van der Waals surface area contributed by atoms with Crippen molar-refractivity contribution in [3.8, 4) is 0 Å². The minimum absolute atomic E-state index is 0.0486. The van der Waals surface area contributed by atoms with Gasteiger partial charge in [0.15, 0.2) is 16.3 Å². The van der Waals surface area contributed by atoms with Crippen molar-refractivity contribution in [2.45, 2.75) is 5.16 Å². The van der Waals surface area contributed by atoms with E-state index in [4.69, 9.17) is 5.11 Å². The molecule has 0 bridgehead atoms. The summed E-state index contributed by atoms with van der Waals surface area (Å²) in [5, 5.41) is 9.08. The van der Waals surface area contributed by atoms with Crippen molar-refractivity contribution >= 4 is 22.9 Å². The first-order valence-corrected chi connectivity index (χ1v) is 4.97. The predicted octanol–water partition coefficient (Wildman–Crippen LogP) is -0.269. The van der Waals surface area contributed by atoms with Crippen LogP contribution in [0.25, 0.3) is 11.2 Å². The van der Waals surface area contributed by atoms with E-state index in [0.717, 1.165) is 0 Å². The Morgan fingerprint density at radius 2 is 2.43 bits per heavy atom. The van der Waals surface area contributed by atoms with Crippen LogP contribution in [0.5, 0.6) is 0 Å². The quantitative estimate of drug-likeness (QED) is 0.481. The summed E-state index contributed by atoms with van der Waals surface area (Å²) in [7, 11) is 0. The van der Waals surface area contributed by atoms with Gasteiger partial charge in [-0.05, 0) is 0 Å². The maximum Gasteiger partial charge on any atom is 0.277 e. The summed E-state index contributed by atoms with van der Waals surface area (Å²) in [6.45, 7) is 0.0486. The molecule has 74 valence electrons. The molecule has 0 saturated heterocycles. The van der Waals surface area contributed by atoms with E-state index in [-0.39, 0.29) is 12.2 Å². The first-order valence-electron chi connectivity index (χ1n) is 3.98. The van der Waals surface area contributed by atoms with Gasteiger partial charge in [-0.3, -0.25) is 9.78 Å². The van der Waals surface area contributed by atoms with Crippen molar-refractivity contribution in [3.05, 3.63) is 16.7 Å². The van der Waals surface area contributed by atoms with Crippen molar-refractivity contribution < 1.29 is 5.11 Å². The van der Waals surface area contributed by atoms with Crippen LogP contribution in [0.1, 0.15) is 0 Å². The molecule has 0 atom stereocenters. The third-order valence-electron chi connectivity index (χ3n) is 1.60. The van der Waals surface area contributed by atoms with E-state index >= 15 is 0 Å². The topological polar surface area (TPSA) is 94.7 Å². The number of aromatic amines is 2. The highest BCUT2D eigenvalue weighted by Crippen LogP contribution is 2.11. The van der Waals surface area contributed by atoms with Gasteiger partial charge in [0.25, 0.3) is 5.56 Å². The fraction of sp³-hybridized carbons (Fsp3) is 0.286. The number of rotatable bonds is 3. The zero-order chi connectivity index (χ0) is 9.97. The Hall–Kier alpha value is -1.34. The molecule has 7 heteroatoms. The molecule has 0 radical (unpaired) electrons. The van der Waals surface area contributed by atoms with Crippen LogP contribution in [-0.4, -0.2) is 37.4 Å². The van der Waals surface area contributed by atoms with E-state index in [1.807, 2.05) is 0 Å². The molecule has 0 aliphatic rings. The molecule has 0 fully saturated rings. The van der Waals surface area contributed by atoms with Crippen molar-refractivity contribution in [2.75, 3.05) is 12.4 Å². The zero-order valence-electron chi connectivity index (χ0n) is 7.15. The molecule has 0 unspecified atom stereocenters. The zero-order valence-corrected chi connectivity index (χ0v) is 7.97. The minimum Gasteiger partial charge on any atom is -0.396 e. The third-order valence-corrected chi connectivity index (χ3v) is 2.46. The largest absolute Gasteiger partial charge is 0.396 e. The maximum atomic E-state index is 11.4. The highest BCUT2D eigenvalue weighted by Gasteiger charge is 2.05. The molecule has 0 aromatic carbocycles. The lowest BCUT2D eigenvalue weighted by molar-refractivity contribution is 0.322. The predicted molar refractivity (Wildman–Crippen MR) is 52.3 cm³/mol. The fourth-order valence-electron chi connectivity index (χ4n) is 1.03. The number of aliphatic hydroxyl groups excluding tert-OH is 1. The molecule has 0 aliphatic heterocycles. The van der Waals surface area contributed by atoms with Gasteiger partial charge < -0.3 is 10.1 Å². The molecular weight excluding hydrogens is 204 g/mol. The van der Waals surface area contributed by atoms with Crippen LogP contribution in [0.2, 0.25) is 0 Å². The highest BCUT2D eigenvalue weighted by molar-refractivity contribution is 7.99. The fourth-order valence-corrected chi connectivity index (χ4v) is 1.63. The Labute approximate surface area is 82.8 Å². The van der Waals surface area contributed by atoms with Gasteiger partial charge in [0.1, 0.15) is 0 Å². The second-order valence-electron chi connectivity index (χ2n) is 2.54. The summed E-state index contributed by atoms with van der Waals surface area (Å²) in [5.41, 5.74) is 0.528. The van der Waals surface area contributed by atoms with E-state index in [2.05, 4.69) is 19.9 Å². The Morgan fingerprint density at radius 1 is 1.57 bits per heavy atom. The van der Waals surface area contributed by atoms with Crippen LogP contribution in [-0.2, 0) is 0 Å². The molecule has 6 nitrogen and oxygen atoms in total. The molecule has 3 N–H and O–H groups in total. The molecule has 0 aliphatic carbocycles. The van der Waals surface area contributed by atoms with E-state index in [0.29, 0.717) is 22.1 Å². The van der Waals surface area contributed by atoms with Gasteiger partial charge in [-0.2, -0.15) is 0 Å². The monoisotopic (exact) mass is 212 g/mol. The second-order valence-corrected chi connectivity index (χ2v) is 3.63. The summed E-state index contributed by atoms with van der Waals surface area (Å²) in [6, 6.07) is 0. The molecule has 2 heterocycles. The maximum absolute atomic E-state index is 11.4. The Balaban J connectivity index is 2.43. The van der Waals surface area contributed by atoms with E-state index in [1.165, 1.54) is 18.1 Å². The van der Waals surface area contributed by atoms with E-state index in [1.54, 1.807) is 0 Å². The molecular formula is C7H8N4O2S. The standard InChI is InChI=1S/C7H8N4O2S/c12-1-2-14-7-10-5-4(6(13)11-7)8-3-9-5/h3,12H,1-2H2,(H2,8,9,10,11,13). The van der Waals surface area contributed by atoms with Gasteiger partial charge >= 0.3 is 0 Å². The summed E-state index contributed by atoms with van der Waals surface area (Å²) in [4.78, 5) is 24.6. The molecule has 2 rings (SSSR count). The Bertz CT molecular complexity index is 492. The summed E-state index contributed by atoms with van der Waals surface area (Å²) < 4.78 is 0. The van der Waals surface area contributed by atoms with E-state index < -0.39 is 0 Å². The van der Waals surface area contributed by atoms with Crippen LogP contribution in [0.3, 0.4) is 0 Å². The first-order chi connectivity index (χ1) is 6.81. The van der Waals surface area contributed by atoms with Gasteiger partial charge in [-0.15, -0.1) is 0 Å². The summed E-state index contributed by atoms with van der Waals surface area (Å²) in [6.07, 6.45) is 1.42. The van der Waals surface area contributed by atoms with Crippen LogP contribution in [0, 0.1) is 0 Å².